The number of phenolic OH excluding ortho intramolecular Hbond substituents is 1. The largest absolute Gasteiger partial charge is 0.507 e. The van der Waals surface area contributed by atoms with E-state index in [2.05, 4.69) is 42.5 Å². The van der Waals surface area contributed by atoms with Gasteiger partial charge in [-0.1, -0.05) is 140 Å². The molecule has 0 atom stereocenters. The van der Waals surface area contributed by atoms with Gasteiger partial charge < -0.3 is 9.84 Å². The van der Waals surface area contributed by atoms with Crippen LogP contribution in [0, 0.1) is 0 Å². The molecule has 2 heteroatoms. The summed E-state index contributed by atoms with van der Waals surface area (Å²) >= 11 is 0. The maximum absolute atomic E-state index is 11.4. The molecule has 38 heavy (non-hydrogen) atoms. The van der Waals surface area contributed by atoms with Gasteiger partial charge in [0, 0.05) is 22.3 Å². The Morgan fingerprint density at radius 1 is 0.368 bits per heavy atom. The standard InChI is InChI=1S/C36H26O2/c37-35-33(28-18-9-3-10-19-28)24-30(25-34(35)29-20-11-4-12-21-29)38-36-31(26-14-5-1-6-15-26)22-13-23-32(36)27-16-7-2-8-17-27/h1-25,37H. The van der Waals surface area contributed by atoms with Crippen molar-refractivity contribution in [1.29, 1.82) is 0 Å². The molecule has 6 aromatic rings. The highest BCUT2D eigenvalue weighted by atomic mass is 16.5. The summed E-state index contributed by atoms with van der Waals surface area (Å²) in [6.45, 7) is 0. The third kappa shape index (κ3) is 4.68. The Hall–Kier alpha value is -5.08. The highest BCUT2D eigenvalue weighted by Crippen LogP contribution is 2.46. The topological polar surface area (TPSA) is 29.5 Å². The zero-order chi connectivity index (χ0) is 25.7. The van der Waals surface area contributed by atoms with E-state index < -0.39 is 0 Å². The van der Waals surface area contributed by atoms with Crippen LogP contribution in [0.4, 0.5) is 0 Å². The molecule has 2 nitrogen and oxygen atoms in total. The summed E-state index contributed by atoms with van der Waals surface area (Å²) in [4.78, 5) is 0. The Kier molecular flexibility index (Phi) is 6.44. The Bertz CT molecular complexity index is 1540. The first-order valence-electron chi connectivity index (χ1n) is 12.7. The maximum atomic E-state index is 11.4. The Morgan fingerprint density at radius 2 is 0.711 bits per heavy atom. The predicted molar refractivity (Wildman–Crippen MR) is 156 cm³/mol. The Morgan fingerprint density at radius 3 is 1.08 bits per heavy atom. The van der Waals surface area contributed by atoms with Gasteiger partial charge in [-0.2, -0.15) is 0 Å². The molecule has 0 aromatic heterocycles. The lowest BCUT2D eigenvalue weighted by Crippen LogP contribution is -1.94. The molecule has 0 aliphatic rings. The summed E-state index contributed by atoms with van der Waals surface area (Å²) in [5.74, 6) is 1.66. The number of aromatic hydroxyl groups is 1. The molecular formula is C36H26O2. The van der Waals surface area contributed by atoms with E-state index in [9.17, 15) is 5.11 Å². The van der Waals surface area contributed by atoms with Gasteiger partial charge in [-0.05, 0) is 34.4 Å². The number of hydrogen-bond acceptors (Lipinski definition) is 2. The monoisotopic (exact) mass is 490 g/mol. The molecule has 0 fully saturated rings. The van der Waals surface area contributed by atoms with Crippen LogP contribution in [0.1, 0.15) is 0 Å². The van der Waals surface area contributed by atoms with Gasteiger partial charge in [0.2, 0.25) is 0 Å². The van der Waals surface area contributed by atoms with Crippen molar-refractivity contribution < 1.29 is 9.84 Å². The highest BCUT2D eigenvalue weighted by Gasteiger charge is 2.18. The number of rotatable bonds is 6. The van der Waals surface area contributed by atoms with E-state index in [-0.39, 0.29) is 5.75 Å². The minimum absolute atomic E-state index is 0.231. The summed E-state index contributed by atoms with van der Waals surface area (Å²) in [6.07, 6.45) is 0. The van der Waals surface area contributed by atoms with E-state index in [0.29, 0.717) is 5.75 Å². The molecule has 0 heterocycles. The van der Waals surface area contributed by atoms with E-state index >= 15 is 0 Å². The summed E-state index contributed by atoms with van der Waals surface area (Å²) in [5.41, 5.74) is 7.45. The van der Waals surface area contributed by atoms with Gasteiger partial charge in [-0.15, -0.1) is 0 Å². The number of ether oxygens (including phenoxy) is 1. The zero-order valence-corrected chi connectivity index (χ0v) is 20.8. The molecule has 0 saturated heterocycles. The summed E-state index contributed by atoms with van der Waals surface area (Å²) in [7, 11) is 0. The molecule has 0 unspecified atom stereocenters. The smallest absolute Gasteiger partial charge is 0.143 e. The molecule has 0 spiro atoms. The van der Waals surface area contributed by atoms with Crippen molar-refractivity contribution in [2.75, 3.05) is 0 Å². The highest BCUT2D eigenvalue weighted by molar-refractivity contribution is 5.86. The van der Waals surface area contributed by atoms with Gasteiger partial charge in [-0.3, -0.25) is 0 Å². The molecule has 0 aliphatic heterocycles. The zero-order valence-electron chi connectivity index (χ0n) is 20.8. The second-order valence-corrected chi connectivity index (χ2v) is 9.12. The first-order valence-corrected chi connectivity index (χ1v) is 12.7. The van der Waals surface area contributed by atoms with Gasteiger partial charge in [0.05, 0.1) is 0 Å². The molecule has 182 valence electrons. The van der Waals surface area contributed by atoms with E-state index in [0.717, 1.165) is 50.3 Å². The van der Waals surface area contributed by atoms with Crippen LogP contribution in [0.5, 0.6) is 17.2 Å². The summed E-state index contributed by atoms with van der Waals surface area (Å²) in [5, 5.41) is 11.4. The molecule has 0 radical (unpaired) electrons. The number of phenols is 1. The van der Waals surface area contributed by atoms with Crippen LogP contribution in [-0.4, -0.2) is 5.11 Å². The SMILES string of the molecule is Oc1c(-c2ccccc2)cc(Oc2c(-c3ccccc3)cccc2-c2ccccc2)cc1-c1ccccc1. The van der Waals surface area contributed by atoms with Crippen LogP contribution in [0.3, 0.4) is 0 Å². The number of benzene rings is 6. The van der Waals surface area contributed by atoms with Gasteiger partial charge in [0.25, 0.3) is 0 Å². The summed E-state index contributed by atoms with van der Waals surface area (Å²) in [6, 6.07) is 50.5. The average Bonchev–Trinajstić information content (AvgIpc) is 3.00. The Labute approximate surface area is 223 Å². The van der Waals surface area contributed by atoms with Gasteiger partial charge in [-0.25, -0.2) is 0 Å². The van der Waals surface area contributed by atoms with E-state index in [1.165, 1.54) is 0 Å². The first-order chi connectivity index (χ1) is 18.8. The normalized spacial score (nSPS) is 10.7. The fourth-order valence-electron chi connectivity index (χ4n) is 4.80. The van der Waals surface area contributed by atoms with Crippen molar-refractivity contribution in [3.63, 3.8) is 0 Å². The minimum atomic E-state index is 0.231. The Balaban J connectivity index is 1.57. The molecule has 0 amide bonds. The predicted octanol–water partition coefficient (Wildman–Crippen LogP) is 9.85. The molecule has 6 rings (SSSR count). The second-order valence-electron chi connectivity index (χ2n) is 9.12. The van der Waals surface area contributed by atoms with Crippen LogP contribution in [0.25, 0.3) is 44.5 Å². The summed E-state index contributed by atoms with van der Waals surface area (Å²) < 4.78 is 6.82. The fraction of sp³-hybridized carbons (Fsp3) is 0. The molecule has 0 aliphatic carbocycles. The van der Waals surface area contributed by atoms with Crippen LogP contribution >= 0.6 is 0 Å². The van der Waals surface area contributed by atoms with Gasteiger partial charge >= 0.3 is 0 Å². The molecule has 1 N–H and O–H groups in total. The maximum Gasteiger partial charge on any atom is 0.143 e. The van der Waals surface area contributed by atoms with Crippen LogP contribution in [-0.2, 0) is 0 Å². The van der Waals surface area contributed by atoms with Gasteiger partial charge in [0.15, 0.2) is 0 Å². The molecule has 6 aromatic carbocycles. The second kappa shape index (κ2) is 10.5. The first kappa shape index (κ1) is 23.3. The van der Waals surface area contributed by atoms with Crippen LogP contribution in [0.2, 0.25) is 0 Å². The third-order valence-corrected chi connectivity index (χ3v) is 6.66. The molecule has 0 saturated carbocycles. The van der Waals surface area contributed by atoms with E-state index in [1.54, 1.807) is 0 Å². The van der Waals surface area contributed by atoms with Crippen molar-refractivity contribution in [2.24, 2.45) is 0 Å². The number of hydrogen-bond donors (Lipinski definition) is 1. The van der Waals surface area contributed by atoms with E-state index in [1.807, 2.05) is 109 Å². The molecule has 0 bridgehead atoms. The minimum Gasteiger partial charge on any atom is -0.507 e. The van der Waals surface area contributed by atoms with Gasteiger partial charge in [0.1, 0.15) is 17.2 Å². The average molecular weight is 491 g/mol. The van der Waals surface area contributed by atoms with Crippen molar-refractivity contribution >= 4 is 0 Å². The lowest BCUT2D eigenvalue weighted by atomic mass is 9.96. The number of para-hydroxylation sites is 1. The van der Waals surface area contributed by atoms with Crippen molar-refractivity contribution in [1.82, 2.24) is 0 Å². The van der Waals surface area contributed by atoms with Crippen molar-refractivity contribution in [2.45, 2.75) is 0 Å². The van der Waals surface area contributed by atoms with Crippen molar-refractivity contribution in [3.05, 3.63) is 152 Å². The van der Waals surface area contributed by atoms with Crippen molar-refractivity contribution in [3.8, 4) is 61.8 Å². The quantitative estimate of drug-likeness (QED) is 0.252. The lowest BCUT2D eigenvalue weighted by molar-refractivity contribution is 0.469. The molecular weight excluding hydrogens is 464 g/mol. The lowest BCUT2D eigenvalue weighted by Gasteiger charge is -2.19. The fourth-order valence-corrected chi connectivity index (χ4v) is 4.80. The third-order valence-electron chi connectivity index (χ3n) is 6.66. The van der Waals surface area contributed by atoms with Crippen LogP contribution < -0.4 is 4.74 Å². The van der Waals surface area contributed by atoms with Crippen LogP contribution in [0.15, 0.2) is 152 Å². The van der Waals surface area contributed by atoms with E-state index in [4.69, 9.17) is 4.74 Å².